The summed E-state index contributed by atoms with van der Waals surface area (Å²) < 4.78 is 5.34. The molecule has 19 heavy (non-hydrogen) atoms. The first-order valence-electron chi connectivity index (χ1n) is 8.15. The summed E-state index contributed by atoms with van der Waals surface area (Å²) in [7, 11) is 1.80. The Morgan fingerprint density at radius 3 is 2.16 bits per heavy atom. The maximum Gasteiger partial charge on any atom is 0.0618 e. The Morgan fingerprint density at radius 1 is 1.16 bits per heavy atom. The molecular formula is C17H35NO. The molecule has 0 spiro atoms. The van der Waals surface area contributed by atoms with E-state index in [1.165, 1.54) is 32.1 Å². The maximum absolute atomic E-state index is 5.34. The molecule has 0 bridgehead atoms. The Balaban J connectivity index is 2.41. The monoisotopic (exact) mass is 269 g/mol. The van der Waals surface area contributed by atoms with Gasteiger partial charge in [-0.15, -0.1) is 0 Å². The van der Waals surface area contributed by atoms with E-state index in [1.807, 2.05) is 0 Å². The Hall–Kier alpha value is -0.0800. The van der Waals surface area contributed by atoms with Crippen LogP contribution < -0.4 is 5.32 Å². The molecule has 1 aliphatic carbocycles. The van der Waals surface area contributed by atoms with Crippen LogP contribution in [0.4, 0.5) is 0 Å². The quantitative estimate of drug-likeness (QED) is 0.746. The minimum atomic E-state index is 0.505. The standard InChI is InChI=1S/C17H35NO/c1-7-17(4,5)14-8-10-15(11-9-14)18-16(12-19-6)13(2)3/h13-16,18H,7-12H2,1-6H3. The van der Waals surface area contributed by atoms with Gasteiger partial charge in [0.2, 0.25) is 0 Å². The molecule has 0 amide bonds. The minimum Gasteiger partial charge on any atom is -0.383 e. The van der Waals surface area contributed by atoms with Gasteiger partial charge in [0, 0.05) is 19.2 Å². The van der Waals surface area contributed by atoms with Crippen molar-refractivity contribution < 1.29 is 4.74 Å². The lowest BCUT2D eigenvalue weighted by atomic mass is 9.69. The summed E-state index contributed by atoms with van der Waals surface area (Å²) in [5, 5.41) is 3.82. The molecule has 0 aromatic heterocycles. The van der Waals surface area contributed by atoms with Gasteiger partial charge in [0.05, 0.1) is 6.61 Å². The van der Waals surface area contributed by atoms with Gasteiger partial charge in [0.15, 0.2) is 0 Å². The summed E-state index contributed by atoms with van der Waals surface area (Å²) >= 11 is 0. The highest BCUT2D eigenvalue weighted by atomic mass is 16.5. The van der Waals surface area contributed by atoms with Crippen molar-refractivity contribution in [2.24, 2.45) is 17.3 Å². The molecule has 1 fully saturated rings. The van der Waals surface area contributed by atoms with Crippen LogP contribution in [0, 0.1) is 17.3 Å². The largest absolute Gasteiger partial charge is 0.383 e. The molecule has 0 saturated heterocycles. The van der Waals surface area contributed by atoms with E-state index >= 15 is 0 Å². The summed E-state index contributed by atoms with van der Waals surface area (Å²) in [4.78, 5) is 0. The molecule has 0 aliphatic heterocycles. The fourth-order valence-electron chi connectivity index (χ4n) is 3.25. The van der Waals surface area contributed by atoms with Gasteiger partial charge >= 0.3 is 0 Å². The summed E-state index contributed by atoms with van der Waals surface area (Å²) in [5.74, 6) is 1.56. The van der Waals surface area contributed by atoms with E-state index in [-0.39, 0.29) is 0 Å². The summed E-state index contributed by atoms with van der Waals surface area (Å²) in [5.41, 5.74) is 0.523. The van der Waals surface area contributed by atoms with Gasteiger partial charge in [-0.3, -0.25) is 0 Å². The lowest BCUT2D eigenvalue weighted by molar-refractivity contribution is 0.109. The zero-order valence-corrected chi connectivity index (χ0v) is 14.0. The molecule has 2 heteroatoms. The van der Waals surface area contributed by atoms with Gasteiger partial charge in [0.1, 0.15) is 0 Å². The first kappa shape index (κ1) is 17.0. The third-order valence-corrected chi connectivity index (χ3v) is 5.34. The van der Waals surface area contributed by atoms with Crippen LogP contribution in [0.15, 0.2) is 0 Å². The second-order valence-electron chi connectivity index (χ2n) is 7.36. The molecule has 1 aliphatic rings. The Kier molecular flexibility index (Phi) is 6.82. The molecule has 1 saturated carbocycles. The molecule has 0 heterocycles. The van der Waals surface area contributed by atoms with E-state index < -0.39 is 0 Å². The first-order chi connectivity index (χ1) is 8.90. The van der Waals surface area contributed by atoms with Crippen molar-refractivity contribution in [1.82, 2.24) is 5.32 Å². The molecule has 0 aromatic carbocycles. The predicted octanol–water partition coefficient (Wildman–Crippen LogP) is 4.24. The molecule has 0 aromatic rings. The third kappa shape index (κ3) is 5.07. The zero-order valence-electron chi connectivity index (χ0n) is 14.0. The van der Waals surface area contributed by atoms with Crippen LogP contribution in [-0.4, -0.2) is 25.8 Å². The van der Waals surface area contributed by atoms with Crippen molar-refractivity contribution in [3.05, 3.63) is 0 Å². The molecular weight excluding hydrogens is 234 g/mol. The number of ether oxygens (including phenoxy) is 1. The third-order valence-electron chi connectivity index (χ3n) is 5.34. The van der Waals surface area contributed by atoms with Crippen molar-refractivity contribution in [2.45, 2.75) is 78.8 Å². The van der Waals surface area contributed by atoms with Crippen LogP contribution in [0.5, 0.6) is 0 Å². The molecule has 114 valence electrons. The Bertz CT molecular complexity index is 242. The topological polar surface area (TPSA) is 21.3 Å². The van der Waals surface area contributed by atoms with Crippen LogP contribution in [-0.2, 0) is 4.74 Å². The van der Waals surface area contributed by atoms with E-state index in [1.54, 1.807) is 7.11 Å². The van der Waals surface area contributed by atoms with Gasteiger partial charge < -0.3 is 10.1 Å². The van der Waals surface area contributed by atoms with Crippen LogP contribution in [0.2, 0.25) is 0 Å². The average Bonchev–Trinajstić information content (AvgIpc) is 2.38. The van der Waals surface area contributed by atoms with Crippen LogP contribution in [0.3, 0.4) is 0 Å². The van der Waals surface area contributed by atoms with Gasteiger partial charge in [-0.2, -0.15) is 0 Å². The van der Waals surface area contributed by atoms with Gasteiger partial charge in [-0.05, 0) is 42.9 Å². The normalized spacial score (nSPS) is 26.7. The molecule has 0 radical (unpaired) electrons. The molecule has 1 rings (SSSR count). The zero-order chi connectivity index (χ0) is 14.5. The average molecular weight is 269 g/mol. The molecule has 1 unspecified atom stereocenters. The van der Waals surface area contributed by atoms with Crippen molar-refractivity contribution in [1.29, 1.82) is 0 Å². The number of methoxy groups -OCH3 is 1. The number of nitrogens with one attached hydrogen (secondary N) is 1. The van der Waals surface area contributed by atoms with Gasteiger partial charge in [0.25, 0.3) is 0 Å². The smallest absolute Gasteiger partial charge is 0.0618 e. The fourth-order valence-corrected chi connectivity index (χ4v) is 3.25. The van der Waals surface area contributed by atoms with Crippen molar-refractivity contribution in [2.75, 3.05) is 13.7 Å². The second-order valence-corrected chi connectivity index (χ2v) is 7.36. The van der Waals surface area contributed by atoms with Gasteiger partial charge in [-0.1, -0.05) is 41.0 Å². The van der Waals surface area contributed by atoms with E-state index in [4.69, 9.17) is 4.74 Å². The van der Waals surface area contributed by atoms with E-state index in [2.05, 4.69) is 39.9 Å². The summed E-state index contributed by atoms with van der Waals surface area (Å²) in [6, 6.07) is 1.21. The number of hydrogen-bond donors (Lipinski definition) is 1. The van der Waals surface area contributed by atoms with E-state index in [0.29, 0.717) is 23.4 Å². The van der Waals surface area contributed by atoms with Crippen molar-refractivity contribution >= 4 is 0 Å². The summed E-state index contributed by atoms with van der Waals surface area (Å²) in [6.45, 7) is 12.6. The van der Waals surface area contributed by atoms with Crippen LogP contribution in [0.1, 0.15) is 66.7 Å². The minimum absolute atomic E-state index is 0.505. The maximum atomic E-state index is 5.34. The fraction of sp³-hybridized carbons (Fsp3) is 1.00. The highest BCUT2D eigenvalue weighted by Crippen LogP contribution is 2.40. The summed E-state index contributed by atoms with van der Waals surface area (Å²) in [6.07, 6.45) is 6.74. The van der Waals surface area contributed by atoms with E-state index in [9.17, 15) is 0 Å². The van der Waals surface area contributed by atoms with Crippen molar-refractivity contribution in [3.63, 3.8) is 0 Å². The lowest BCUT2D eigenvalue weighted by Crippen LogP contribution is -2.46. The Morgan fingerprint density at radius 2 is 1.74 bits per heavy atom. The molecule has 1 N–H and O–H groups in total. The second kappa shape index (κ2) is 7.64. The highest BCUT2D eigenvalue weighted by Gasteiger charge is 2.32. The van der Waals surface area contributed by atoms with Crippen molar-refractivity contribution in [3.8, 4) is 0 Å². The van der Waals surface area contributed by atoms with Crippen LogP contribution >= 0.6 is 0 Å². The highest BCUT2D eigenvalue weighted by molar-refractivity contribution is 4.86. The van der Waals surface area contributed by atoms with Gasteiger partial charge in [-0.25, -0.2) is 0 Å². The molecule has 2 nitrogen and oxygen atoms in total. The number of hydrogen-bond acceptors (Lipinski definition) is 2. The predicted molar refractivity (Wildman–Crippen MR) is 83.5 cm³/mol. The number of rotatable bonds is 7. The van der Waals surface area contributed by atoms with E-state index in [0.717, 1.165) is 12.5 Å². The Labute approximate surface area is 120 Å². The lowest BCUT2D eigenvalue weighted by Gasteiger charge is -2.40. The SMILES string of the molecule is CCC(C)(C)C1CCC(NC(COC)C(C)C)CC1. The first-order valence-corrected chi connectivity index (χ1v) is 8.15. The molecule has 1 atom stereocenters. The van der Waals surface area contributed by atoms with Crippen LogP contribution in [0.25, 0.3) is 0 Å².